The molecule has 6 heteroatoms. The van der Waals surface area contributed by atoms with Gasteiger partial charge in [-0.15, -0.1) is 10.2 Å². The second-order valence-corrected chi connectivity index (χ2v) is 4.36. The first-order valence-corrected chi connectivity index (χ1v) is 6.12. The summed E-state index contributed by atoms with van der Waals surface area (Å²) in [5, 5.41) is 7.88. The molecule has 0 N–H and O–H groups in total. The molecular weight excluding hydrogens is 254 g/mol. The Morgan fingerprint density at radius 1 is 1.22 bits per heavy atom. The molecule has 2 heterocycles. The van der Waals surface area contributed by atoms with Gasteiger partial charge in [0.05, 0.1) is 0 Å². The summed E-state index contributed by atoms with van der Waals surface area (Å²) >= 11 is 5.87. The highest BCUT2D eigenvalue weighted by Crippen LogP contribution is 2.30. The van der Waals surface area contributed by atoms with Gasteiger partial charge >= 0.3 is 0 Å². The van der Waals surface area contributed by atoms with Gasteiger partial charge in [-0.2, -0.15) is 0 Å². The van der Waals surface area contributed by atoms with Gasteiger partial charge in [-0.05, 0) is 35.7 Å². The predicted molar refractivity (Wildman–Crippen MR) is 66.2 cm³/mol. The summed E-state index contributed by atoms with van der Waals surface area (Å²) in [6.45, 7) is 1.96. The minimum Gasteiger partial charge on any atom is -0.486 e. The summed E-state index contributed by atoms with van der Waals surface area (Å²) in [4.78, 5) is 0. The van der Waals surface area contributed by atoms with Crippen LogP contribution >= 0.6 is 11.6 Å². The van der Waals surface area contributed by atoms with Gasteiger partial charge in [0.1, 0.15) is 19.5 Å². The molecular formula is C12H12ClN3O2. The quantitative estimate of drug-likeness (QED) is 0.851. The number of halogens is 1. The van der Waals surface area contributed by atoms with Gasteiger partial charge in [0, 0.05) is 6.54 Å². The van der Waals surface area contributed by atoms with E-state index in [0.717, 1.165) is 24.5 Å². The highest BCUT2D eigenvalue weighted by atomic mass is 35.5. The molecule has 0 fully saturated rings. The topological polar surface area (TPSA) is 49.2 Å². The largest absolute Gasteiger partial charge is 0.486 e. The van der Waals surface area contributed by atoms with E-state index < -0.39 is 0 Å². The number of benzene rings is 1. The fourth-order valence-electron chi connectivity index (χ4n) is 1.88. The predicted octanol–water partition coefficient (Wildman–Crippen LogP) is 1.95. The third-order valence-electron chi connectivity index (χ3n) is 2.82. The zero-order valence-electron chi connectivity index (χ0n) is 9.67. The lowest BCUT2D eigenvalue weighted by molar-refractivity contribution is 0.171. The van der Waals surface area contributed by atoms with E-state index in [0.29, 0.717) is 18.5 Å². The van der Waals surface area contributed by atoms with E-state index in [2.05, 4.69) is 10.2 Å². The maximum absolute atomic E-state index is 5.87. The SMILES string of the molecule is Clc1nncn1CCc1ccc2c(c1)OCCO2. The molecule has 1 aromatic carbocycles. The van der Waals surface area contributed by atoms with Crippen LogP contribution in [0.25, 0.3) is 0 Å². The van der Waals surface area contributed by atoms with Crippen molar-refractivity contribution in [3.05, 3.63) is 35.4 Å². The van der Waals surface area contributed by atoms with Gasteiger partial charge in [-0.1, -0.05) is 6.07 Å². The number of hydrogen-bond acceptors (Lipinski definition) is 4. The van der Waals surface area contributed by atoms with Crippen molar-refractivity contribution in [2.45, 2.75) is 13.0 Å². The lowest BCUT2D eigenvalue weighted by Gasteiger charge is -2.18. The molecule has 0 bridgehead atoms. The molecule has 1 aliphatic heterocycles. The fraction of sp³-hybridized carbons (Fsp3) is 0.333. The molecule has 0 saturated carbocycles. The van der Waals surface area contributed by atoms with Gasteiger partial charge in [0.2, 0.25) is 5.28 Å². The maximum atomic E-state index is 5.87. The normalized spacial score (nSPS) is 13.6. The van der Waals surface area contributed by atoms with E-state index in [1.807, 2.05) is 18.2 Å². The minimum atomic E-state index is 0.410. The van der Waals surface area contributed by atoms with Gasteiger partial charge in [0.25, 0.3) is 0 Å². The van der Waals surface area contributed by atoms with Crippen LogP contribution in [0.1, 0.15) is 5.56 Å². The average molecular weight is 266 g/mol. The van der Waals surface area contributed by atoms with E-state index >= 15 is 0 Å². The van der Waals surface area contributed by atoms with Crippen LogP contribution < -0.4 is 9.47 Å². The van der Waals surface area contributed by atoms with Crippen molar-refractivity contribution in [2.75, 3.05) is 13.2 Å². The Bertz CT molecular complexity index is 556. The Morgan fingerprint density at radius 3 is 2.83 bits per heavy atom. The third-order valence-corrected chi connectivity index (χ3v) is 3.11. The standard InChI is InChI=1S/C12H12ClN3O2/c13-12-15-14-8-16(12)4-3-9-1-2-10-11(7-9)18-6-5-17-10/h1-2,7-8H,3-6H2. The average Bonchev–Trinajstić information content (AvgIpc) is 2.82. The van der Waals surface area contributed by atoms with Gasteiger partial charge in [-0.25, -0.2) is 0 Å². The van der Waals surface area contributed by atoms with Crippen LogP contribution in [0, 0.1) is 0 Å². The second-order valence-electron chi connectivity index (χ2n) is 4.02. The van der Waals surface area contributed by atoms with Crippen molar-refractivity contribution in [3.8, 4) is 11.5 Å². The van der Waals surface area contributed by atoms with Crippen LogP contribution in [0.4, 0.5) is 0 Å². The molecule has 0 unspecified atom stereocenters. The monoisotopic (exact) mass is 265 g/mol. The van der Waals surface area contributed by atoms with Crippen molar-refractivity contribution in [2.24, 2.45) is 0 Å². The summed E-state index contributed by atoms with van der Waals surface area (Å²) in [5.41, 5.74) is 1.17. The van der Waals surface area contributed by atoms with Gasteiger partial charge in [0.15, 0.2) is 11.5 Å². The van der Waals surface area contributed by atoms with Crippen LogP contribution in [0.2, 0.25) is 5.28 Å². The maximum Gasteiger partial charge on any atom is 0.224 e. The number of aryl methyl sites for hydroxylation is 2. The molecule has 94 valence electrons. The zero-order chi connectivity index (χ0) is 12.4. The first kappa shape index (κ1) is 11.3. The van der Waals surface area contributed by atoms with E-state index in [-0.39, 0.29) is 0 Å². The molecule has 5 nitrogen and oxygen atoms in total. The van der Waals surface area contributed by atoms with Crippen LogP contribution in [0.15, 0.2) is 24.5 Å². The van der Waals surface area contributed by atoms with E-state index in [1.54, 1.807) is 10.9 Å². The van der Waals surface area contributed by atoms with Crippen LogP contribution in [0.5, 0.6) is 11.5 Å². The van der Waals surface area contributed by atoms with Crippen molar-refractivity contribution >= 4 is 11.6 Å². The number of rotatable bonds is 3. The third kappa shape index (κ3) is 2.26. The lowest BCUT2D eigenvalue weighted by atomic mass is 10.1. The Hall–Kier alpha value is -1.75. The van der Waals surface area contributed by atoms with Crippen LogP contribution in [-0.4, -0.2) is 28.0 Å². The van der Waals surface area contributed by atoms with Crippen molar-refractivity contribution in [1.82, 2.24) is 14.8 Å². The van der Waals surface area contributed by atoms with Gasteiger partial charge in [-0.3, -0.25) is 0 Å². The van der Waals surface area contributed by atoms with E-state index in [4.69, 9.17) is 21.1 Å². The Balaban J connectivity index is 1.71. The highest BCUT2D eigenvalue weighted by molar-refractivity contribution is 6.28. The molecule has 1 aliphatic rings. The number of nitrogens with zero attached hydrogens (tertiary/aromatic N) is 3. The zero-order valence-corrected chi connectivity index (χ0v) is 10.4. The van der Waals surface area contributed by atoms with Crippen molar-refractivity contribution in [1.29, 1.82) is 0 Å². The lowest BCUT2D eigenvalue weighted by Crippen LogP contribution is -2.15. The summed E-state index contributed by atoms with van der Waals surface area (Å²) in [6, 6.07) is 5.98. The number of aromatic nitrogens is 3. The minimum absolute atomic E-state index is 0.410. The summed E-state index contributed by atoms with van der Waals surface area (Å²) in [5.74, 6) is 1.63. The molecule has 18 heavy (non-hydrogen) atoms. The van der Waals surface area contributed by atoms with Crippen molar-refractivity contribution in [3.63, 3.8) is 0 Å². The summed E-state index contributed by atoms with van der Waals surface area (Å²) in [6.07, 6.45) is 2.47. The fourth-order valence-corrected chi connectivity index (χ4v) is 2.06. The Morgan fingerprint density at radius 2 is 2.06 bits per heavy atom. The highest BCUT2D eigenvalue weighted by Gasteiger charge is 2.11. The smallest absolute Gasteiger partial charge is 0.224 e. The first-order valence-electron chi connectivity index (χ1n) is 5.75. The number of ether oxygens (including phenoxy) is 2. The summed E-state index contributed by atoms with van der Waals surface area (Å²) in [7, 11) is 0. The summed E-state index contributed by atoms with van der Waals surface area (Å²) < 4.78 is 12.8. The molecule has 1 aromatic heterocycles. The Kier molecular flexibility index (Phi) is 3.06. The molecule has 3 rings (SSSR count). The van der Waals surface area contributed by atoms with Crippen LogP contribution in [0.3, 0.4) is 0 Å². The molecule has 2 aromatic rings. The van der Waals surface area contributed by atoms with Crippen LogP contribution in [-0.2, 0) is 13.0 Å². The molecule has 0 atom stereocenters. The first-order chi connectivity index (χ1) is 8.83. The molecule has 0 radical (unpaired) electrons. The molecule has 0 amide bonds. The van der Waals surface area contributed by atoms with Gasteiger partial charge < -0.3 is 14.0 Å². The Labute approximate surface area is 109 Å². The molecule has 0 aliphatic carbocycles. The number of hydrogen-bond donors (Lipinski definition) is 0. The van der Waals surface area contributed by atoms with E-state index in [1.165, 1.54) is 5.56 Å². The van der Waals surface area contributed by atoms with E-state index in [9.17, 15) is 0 Å². The molecule has 0 saturated heterocycles. The van der Waals surface area contributed by atoms with Crippen molar-refractivity contribution < 1.29 is 9.47 Å². The second kappa shape index (κ2) is 4.86. The number of fused-ring (bicyclic) bond motifs is 1. The molecule has 0 spiro atoms.